The first-order chi connectivity index (χ1) is 12.9. The monoisotopic (exact) mass is 385 g/mol. The van der Waals surface area contributed by atoms with Gasteiger partial charge in [0.25, 0.3) is 0 Å². The number of benzene rings is 2. The summed E-state index contributed by atoms with van der Waals surface area (Å²) < 4.78 is 28.6. The SMILES string of the molecule is C[C@@H](CN1CCc2ccccc2C1)NS(=O)(=O)c1cccc2nn(C)nc12. The van der Waals surface area contributed by atoms with Crippen LogP contribution in [-0.2, 0) is 30.0 Å². The molecule has 0 saturated carbocycles. The van der Waals surface area contributed by atoms with Gasteiger partial charge in [-0.3, -0.25) is 4.90 Å². The first-order valence-electron chi connectivity index (χ1n) is 9.04. The Bertz CT molecular complexity index is 1080. The second-order valence-electron chi connectivity index (χ2n) is 7.09. The highest BCUT2D eigenvalue weighted by molar-refractivity contribution is 7.89. The highest BCUT2D eigenvalue weighted by atomic mass is 32.2. The van der Waals surface area contributed by atoms with E-state index in [4.69, 9.17) is 0 Å². The summed E-state index contributed by atoms with van der Waals surface area (Å²) in [6.45, 7) is 4.34. The molecule has 1 aliphatic rings. The standard InChI is InChI=1S/C19H23N5O2S/c1-14(12-24-11-10-15-6-3-4-7-16(15)13-24)22-27(25,26)18-9-5-8-17-19(18)21-23(2)20-17/h3-9,14,22H,10-13H2,1-2H3/t14-/m0/s1. The quantitative estimate of drug-likeness (QED) is 0.723. The molecule has 0 bridgehead atoms. The van der Waals surface area contributed by atoms with Crippen LogP contribution in [0.1, 0.15) is 18.1 Å². The van der Waals surface area contributed by atoms with Crippen LogP contribution in [0.3, 0.4) is 0 Å². The minimum atomic E-state index is -3.68. The Kier molecular flexibility index (Phi) is 4.71. The van der Waals surface area contributed by atoms with Crippen molar-refractivity contribution in [2.24, 2.45) is 7.05 Å². The molecule has 8 heteroatoms. The van der Waals surface area contributed by atoms with Crippen molar-refractivity contribution < 1.29 is 8.42 Å². The summed E-state index contributed by atoms with van der Waals surface area (Å²) in [5.41, 5.74) is 3.67. The lowest BCUT2D eigenvalue weighted by atomic mass is 10.00. The number of hydrogen-bond donors (Lipinski definition) is 1. The molecule has 3 aromatic rings. The fraction of sp³-hybridized carbons (Fsp3) is 0.368. The van der Waals surface area contributed by atoms with Crippen LogP contribution < -0.4 is 4.72 Å². The molecule has 7 nitrogen and oxygen atoms in total. The van der Waals surface area contributed by atoms with E-state index in [1.165, 1.54) is 15.9 Å². The molecular formula is C19H23N5O2S. The third kappa shape index (κ3) is 3.73. The van der Waals surface area contributed by atoms with Crippen molar-refractivity contribution in [1.29, 1.82) is 0 Å². The fourth-order valence-corrected chi connectivity index (χ4v) is 5.08. The number of nitrogens with one attached hydrogen (secondary N) is 1. The van der Waals surface area contributed by atoms with Crippen LogP contribution in [0.2, 0.25) is 0 Å². The molecule has 0 fully saturated rings. The van der Waals surface area contributed by atoms with Gasteiger partial charge in [0, 0.05) is 32.7 Å². The third-order valence-electron chi connectivity index (χ3n) is 4.86. The Morgan fingerprint density at radius 1 is 1.11 bits per heavy atom. The average molecular weight is 385 g/mol. The zero-order valence-electron chi connectivity index (χ0n) is 15.5. The maximum absolute atomic E-state index is 12.9. The summed E-state index contributed by atoms with van der Waals surface area (Å²) in [5.74, 6) is 0. The van der Waals surface area contributed by atoms with Gasteiger partial charge >= 0.3 is 0 Å². The van der Waals surface area contributed by atoms with E-state index in [9.17, 15) is 8.42 Å². The Hall–Kier alpha value is -2.29. The molecule has 0 saturated heterocycles. The molecular weight excluding hydrogens is 362 g/mol. The van der Waals surface area contributed by atoms with E-state index in [1.54, 1.807) is 25.2 Å². The summed E-state index contributed by atoms with van der Waals surface area (Å²) in [6, 6.07) is 13.2. The van der Waals surface area contributed by atoms with Crippen LogP contribution in [0.4, 0.5) is 0 Å². The zero-order valence-corrected chi connectivity index (χ0v) is 16.3. The summed E-state index contributed by atoms with van der Waals surface area (Å²) in [5, 5.41) is 8.39. The fourth-order valence-electron chi connectivity index (χ4n) is 3.69. The molecule has 1 aromatic heterocycles. The number of nitrogens with zero attached hydrogens (tertiary/aromatic N) is 4. The second kappa shape index (κ2) is 7.03. The number of aromatic nitrogens is 3. The average Bonchev–Trinajstić information content (AvgIpc) is 3.01. The maximum atomic E-state index is 12.9. The van der Waals surface area contributed by atoms with E-state index in [2.05, 4.69) is 44.1 Å². The van der Waals surface area contributed by atoms with Gasteiger partial charge in [0.05, 0.1) is 0 Å². The van der Waals surface area contributed by atoms with Crippen molar-refractivity contribution in [1.82, 2.24) is 24.6 Å². The Morgan fingerprint density at radius 3 is 2.70 bits per heavy atom. The van der Waals surface area contributed by atoms with Crippen LogP contribution in [0.15, 0.2) is 47.4 Å². The summed E-state index contributed by atoms with van der Waals surface area (Å²) in [4.78, 5) is 3.85. The van der Waals surface area contributed by atoms with Crippen LogP contribution in [0.25, 0.3) is 11.0 Å². The number of rotatable bonds is 5. The Morgan fingerprint density at radius 2 is 1.89 bits per heavy atom. The predicted octanol–water partition coefficient (Wildman–Crippen LogP) is 1.69. The van der Waals surface area contributed by atoms with E-state index < -0.39 is 10.0 Å². The lowest BCUT2D eigenvalue weighted by Crippen LogP contribution is -2.43. The molecule has 1 aliphatic heterocycles. The van der Waals surface area contributed by atoms with Gasteiger partial charge in [-0.25, -0.2) is 13.1 Å². The van der Waals surface area contributed by atoms with E-state index in [0.717, 1.165) is 19.5 Å². The van der Waals surface area contributed by atoms with Crippen molar-refractivity contribution >= 4 is 21.1 Å². The lowest BCUT2D eigenvalue weighted by molar-refractivity contribution is 0.238. The minimum absolute atomic E-state index is 0.170. The van der Waals surface area contributed by atoms with Crippen LogP contribution >= 0.6 is 0 Å². The molecule has 0 radical (unpaired) electrons. The number of aryl methyl sites for hydroxylation is 1. The summed E-state index contributed by atoms with van der Waals surface area (Å²) in [6.07, 6.45) is 0.995. The molecule has 0 amide bonds. The maximum Gasteiger partial charge on any atom is 0.243 e. The summed E-state index contributed by atoms with van der Waals surface area (Å²) >= 11 is 0. The van der Waals surface area contributed by atoms with Crippen molar-refractivity contribution in [2.45, 2.75) is 30.8 Å². The van der Waals surface area contributed by atoms with E-state index in [1.807, 2.05) is 6.92 Å². The largest absolute Gasteiger partial charge is 0.297 e. The molecule has 4 rings (SSSR count). The van der Waals surface area contributed by atoms with Gasteiger partial charge in [0.1, 0.15) is 15.9 Å². The number of sulfonamides is 1. The first-order valence-corrected chi connectivity index (χ1v) is 10.5. The Labute approximate surface area is 159 Å². The smallest absolute Gasteiger partial charge is 0.243 e. The number of fused-ring (bicyclic) bond motifs is 2. The highest BCUT2D eigenvalue weighted by Crippen LogP contribution is 2.21. The molecule has 27 heavy (non-hydrogen) atoms. The molecule has 1 N–H and O–H groups in total. The first kappa shape index (κ1) is 18.1. The van der Waals surface area contributed by atoms with Crippen molar-refractivity contribution in [2.75, 3.05) is 13.1 Å². The van der Waals surface area contributed by atoms with Gasteiger partial charge < -0.3 is 0 Å². The Balaban J connectivity index is 1.48. The molecule has 142 valence electrons. The van der Waals surface area contributed by atoms with E-state index in [-0.39, 0.29) is 10.9 Å². The molecule has 2 aromatic carbocycles. The number of hydrogen-bond acceptors (Lipinski definition) is 5. The normalized spacial score (nSPS) is 16.4. The van der Waals surface area contributed by atoms with Crippen molar-refractivity contribution in [3.8, 4) is 0 Å². The highest BCUT2D eigenvalue weighted by Gasteiger charge is 2.24. The van der Waals surface area contributed by atoms with Gasteiger partial charge in [-0.05, 0) is 36.6 Å². The molecule has 1 atom stereocenters. The minimum Gasteiger partial charge on any atom is -0.297 e. The second-order valence-corrected chi connectivity index (χ2v) is 8.77. The topological polar surface area (TPSA) is 80.1 Å². The predicted molar refractivity (Wildman–Crippen MR) is 104 cm³/mol. The van der Waals surface area contributed by atoms with E-state index >= 15 is 0 Å². The zero-order chi connectivity index (χ0) is 19.0. The third-order valence-corrected chi connectivity index (χ3v) is 6.48. The van der Waals surface area contributed by atoms with Gasteiger partial charge in [-0.15, -0.1) is 0 Å². The van der Waals surface area contributed by atoms with Crippen LogP contribution in [-0.4, -0.2) is 47.4 Å². The van der Waals surface area contributed by atoms with Crippen molar-refractivity contribution in [3.05, 3.63) is 53.6 Å². The van der Waals surface area contributed by atoms with Crippen LogP contribution in [0.5, 0.6) is 0 Å². The van der Waals surface area contributed by atoms with E-state index in [0.29, 0.717) is 17.6 Å². The van der Waals surface area contributed by atoms with Gasteiger partial charge in [0.2, 0.25) is 10.0 Å². The summed E-state index contributed by atoms with van der Waals surface area (Å²) in [7, 11) is -2.00. The van der Waals surface area contributed by atoms with Crippen LogP contribution in [0, 0.1) is 0 Å². The molecule has 0 spiro atoms. The van der Waals surface area contributed by atoms with Gasteiger partial charge in [-0.1, -0.05) is 30.3 Å². The molecule has 0 aliphatic carbocycles. The van der Waals surface area contributed by atoms with Gasteiger partial charge in [-0.2, -0.15) is 15.0 Å². The van der Waals surface area contributed by atoms with Crippen molar-refractivity contribution in [3.63, 3.8) is 0 Å². The van der Waals surface area contributed by atoms with Gasteiger partial charge in [0.15, 0.2) is 0 Å². The molecule has 2 heterocycles. The lowest BCUT2D eigenvalue weighted by Gasteiger charge is -2.31. The molecule has 0 unspecified atom stereocenters.